The number of nitrogens with two attached hydrogens (primary N) is 1. The van der Waals surface area contributed by atoms with Crippen molar-refractivity contribution in [3.8, 4) is 0 Å². The van der Waals surface area contributed by atoms with Crippen LogP contribution in [0.3, 0.4) is 0 Å². The molecule has 1 aromatic rings. The van der Waals surface area contributed by atoms with E-state index in [1.54, 1.807) is 17.9 Å². The van der Waals surface area contributed by atoms with Gasteiger partial charge in [0.2, 0.25) is 0 Å². The molecule has 0 aromatic carbocycles. The fourth-order valence-electron chi connectivity index (χ4n) is 1.83. The first-order valence-corrected chi connectivity index (χ1v) is 6.38. The van der Waals surface area contributed by atoms with Crippen molar-refractivity contribution in [3.05, 3.63) is 11.9 Å². The van der Waals surface area contributed by atoms with Crippen LogP contribution in [0.5, 0.6) is 0 Å². The highest BCUT2D eigenvalue weighted by Gasteiger charge is 2.26. The van der Waals surface area contributed by atoms with Crippen LogP contribution in [0.25, 0.3) is 0 Å². The van der Waals surface area contributed by atoms with E-state index in [0.29, 0.717) is 5.69 Å². The van der Waals surface area contributed by atoms with Crippen molar-refractivity contribution >= 4 is 11.8 Å². The summed E-state index contributed by atoms with van der Waals surface area (Å²) in [6.07, 6.45) is 1.13. The van der Waals surface area contributed by atoms with Crippen LogP contribution in [0.2, 0.25) is 0 Å². The van der Waals surface area contributed by atoms with Gasteiger partial charge in [-0.3, -0.25) is 4.68 Å². The molecule has 19 heavy (non-hydrogen) atoms. The summed E-state index contributed by atoms with van der Waals surface area (Å²) in [7, 11) is 1.80. The van der Waals surface area contributed by atoms with E-state index in [4.69, 9.17) is 10.5 Å². The highest BCUT2D eigenvalue weighted by atomic mass is 16.6. The Kier molecular flexibility index (Phi) is 4.44. The molecule has 1 atom stereocenters. The van der Waals surface area contributed by atoms with Gasteiger partial charge < -0.3 is 15.8 Å². The minimum Gasteiger partial charge on any atom is -0.444 e. The van der Waals surface area contributed by atoms with Gasteiger partial charge in [0.25, 0.3) is 0 Å². The van der Waals surface area contributed by atoms with Crippen LogP contribution in [0, 0.1) is 5.92 Å². The maximum absolute atomic E-state index is 11.9. The van der Waals surface area contributed by atoms with Crippen LogP contribution in [0.1, 0.15) is 46.4 Å². The molecule has 0 aliphatic heterocycles. The predicted molar refractivity (Wildman–Crippen MR) is 74.6 cm³/mol. The Bertz CT molecular complexity index is 426. The van der Waals surface area contributed by atoms with E-state index in [0.717, 1.165) is 5.69 Å². The molecule has 0 aliphatic rings. The molecule has 1 aromatic heterocycles. The lowest BCUT2D eigenvalue weighted by Gasteiger charge is -2.26. The first-order chi connectivity index (χ1) is 8.61. The Hall–Kier alpha value is -1.72. The van der Waals surface area contributed by atoms with Gasteiger partial charge in [-0.1, -0.05) is 13.8 Å². The fourth-order valence-corrected chi connectivity index (χ4v) is 1.83. The number of aromatic nitrogens is 2. The highest BCUT2D eigenvalue weighted by Crippen LogP contribution is 2.26. The number of aryl methyl sites for hydroxylation is 1. The molecular formula is C13H24N4O2. The summed E-state index contributed by atoms with van der Waals surface area (Å²) in [5.41, 5.74) is 6.74. The van der Waals surface area contributed by atoms with Gasteiger partial charge >= 0.3 is 6.09 Å². The Morgan fingerprint density at radius 3 is 2.42 bits per heavy atom. The third kappa shape index (κ3) is 4.15. The number of hydrogen-bond acceptors (Lipinski definition) is 4. The summed E-state index contributed by atoms with van der Waals surface area (Å²) in [4.78, 5) is 11.9. The van der Waals surface area contributed by atoms with Crippen molar-refractivity contribution in [3.63, 3.8) is 0 Å². The number of carbonyl (C=O) groups excluding carboxylic acids is 1. The molecule has 0 saturated carbocycles. The average Bonchev–Trinajstić information content (AvgIpc) is 2.52. The molecule has 0 saturated heterocycles. The molecule has 0 spiro atoms. The largest absolute Gasteiger partial charge is 0.444 e. The lowest BCUT2D eigenvalue weighted by Crippen LogP contribution is -2.37. The third-order valence-electron chi connectivity index (χ3n) is 2.65. The number of ether oxygens (including phenoxy) is 1. The van der Waals surface area contributed by atoms with E-state index in [-0.39, 0.29) is 12.0 Å². The predicted octanol–water partition coefficient (Wildman–Crippen LogP) is 2.22. The monoisotopic (exact) mass is 268 g/mol. The second-order valence-electron chi connectivity index (χ2n) is 5.98. The smallest absolute Gasteiger partial charge is 0.408 e. The zero-order valence-corrected chi connectivity index (χ0v) is 12.5. The lowest BCUT2D eigenvalue weighted by molar-refractivity contribution is 0.0487. The molecule has 0 fully saturated rings. The zero-order chi connectivity index (χ0) is 14.8. The van der Waals surface area contributed by atoms with Crippen LogP contribution in [0.15, 0.2) is 6.20 Å². The van der Waals surface area contributed by atoms with Crippen molar-refractivity contribution in [2.75, 3.05) is 5.73 Å². The molecule has 3 N–H and O–H groups in total. The maximum atomic E-state index is 11.9. The van der Waals surface area contributed by atoms with Crippen molar-refractivity contribution in [1.82, 2.24) is 15.1 Å². The summed E-state index contributed by atoms with van der Waals surface area (Å²) in [6.45, 7) is 9.50. The van der Waals surface area contributed by atoms with Gasteiger partial charge in [-0.05, 0) is 26.7 Å². The highest BCUT2D eigenvalue weighted by molar-refractivity contribution is 5.68. The standard InChI is InChI=1S/C13H24N4O2/c1-8(2)10(11-9(14)7-15-17(11)6)16-12(18)19-13(3,4)5/h7-8,10H,14H2,1-6H3,(H,16,18). The van der Waals surface area contributed by atoms with E-state index in [9.17, 15) is 4.79 Å². The SMILES string of the molecule is CC(C)C(NC(=O)OC(C)(C)C)c1c(N)cnn1C. The number of alkyl carbamates (subject to hydrolysis) is 1. The Labute approximate surface area is 114 Å². The van der Waals surface area contributed by atoms with Gasteiger partial charge in [-0.2, -0.15) is 5.10 Å². The summed E-state index contributed by atoms with van der Waals surface area (Å²) < 4.78 is 6.95. The van der Waals surface area contributed by atoms with Crippen molar-refractivity contribution in [2.45, 2.75) is 46.3 Å². The summed E-state index contributed by atoms with van der Waals surface area (Å²) in [5, 5.41) is 6.96. The molecule has 0 radical (unpaired) electrons. The van der Waals surface area contributed by atoms with Gasteiger partial charge in [0.15, 0.2) is 0 Å². The van der Waals surface area contributed by atoms with Gasteiger partial charge in [-0.15, -0.1) is 0 Å². The topological polar surface area (TPSA) is 82.2 Å². The second-order valence-corrected chi connectivity index (χ2v) is 5.98. The minimum atomic E-state index is -0.524. The normalized spacial score (nSPS) is 13.4. The number of rotatable bonds is 3. The Balaban J connectivity index is 2.89. The molecule has 0 bridgehead atoms. The molecule has 1 heterocycles. The second kappa shape index (κ2) is 5.50. The van der Waals surface area contributed by atoms with Crippen LogP contribution < -0.4 is 11.1 Å². The van der Waals surface area contributed by atoms with Gasteiger partial charge in [0.05, 0.1) is 23.6 Å². The van der Waals surface area contributed by atoms with Gasteiger partial charge in [0.1, 0.15) is 5.60 Å². The lowest BCUT2D eigenvalue weighted by atomic mass is 10.00. The number of nitrogens with zero attached hydrogens (tertiary/aromatic N) is 2. The molecule has 1 amide bonds. The summed E-state index contributed by atoms with van der Waals surface area (Å²) in [6, 6.07) is -0.234. The molecule has 6 heteroatoms. The number of amides is 1. The van der Waals surface area contributed by atoms with Crippen molar-refractivity contribution < 1.29 is 9.53 Å². The number of hydrogen-bond donors (Lipinski definition) is 2. The maximum Gasteiger partial charge on any atom is 0.408 e. The molecular weight excluding hydrogens is 244 g/mol. The van der Waals surface area contributed by atoms with E-state index in [1.807, 2.05) is 34.6 Å². The van der Waals surface area contributed by atoms with Crippen molar-refractivity contribution in [2.24, 2.45) is 13.0 Å². The quantitative estimate of drug-likeness (QED) is 0.880. The number of nitrogens with one attached hydrogen (secondary N) is 1. The van der Waals surface area contributed by atoms with Crippen LogP contribution in [0.4, 0.5) is 10.5 Å². The van der Waals surface area contributed by atoms with E-state index in [2.05, 4.69) is 10.4 Å². The molecule has 108 valence electrons. The van der Waals surface area contributed by atoms with E-state index < -0.39 is 11.7 Å². The number of carbonyl (C=O) groups is 1. The van der Waals surface area contributed by atoms with Crippen LogP contribution in [-0.4, -0.2) is 21.5 Å². The fraction of sp³-hybridized carbons (Fsp3) is 0.692. The van der Waals surface area contributed by atoms with E-state index in [1.165, 1.54) is 0 Å². The third-order valence-corrected chi connectivity index (χ3v) is 2.65. The number of anilines is 1. The minimum absolute atomic E-state index is 0.171. The molecule has 1 rings (SSSR count). The van der Waals surface area contributed by atoms with Gasteiger partial charge in [-0.25, -0.2) is 4.79 Å². The van der Waals surface area contributed by atoms with Gasteiger partial charge in [0, 0.05) is 7.05 Å². The average molecular weight is 268 g/mol. The molecule has 6 nitrogen and oxygen atoms in total. The van der Waals surface area contributed by atoms with E-state index >= 15 is 0 Å². The number of nitrogen functional groups attached to an aromatic ring is 1. The van der Waals surface area contributed by atoms with Crippen LogP contribution >= 0.6 is 0 Å². The zero-order valence-electron chi connectivity index (χ0n) is 12.5. The summed E-state index contributed by atoms with van der Waals surface area (Å²) >= 11 is 0. The first-order valence-electron chi connectivity index (χ1n) is 6.38. The van der Waals surface area contributed by atoms with Crippen molar-refractivity contribution in [1.29, 1.82) is 0 Å². The summed E-state index contributed by atoms with van der Waals surface area (Å²) in [5.74, 6) is 0.171. The molecule has 1 unspecified atom stereocenters. The Morgan fingerprint density at radius 2 is 2.05 bits per heavy atom. The Morgan fingerprint density at radius 1 is 1.47 bits per heavy atom. The van der Waals surface area contributed by atoms with Crippen LogP contribution in [-0.2, 0) is 11.8 Å². The first kappa shape index (κ1) is 15.3. The molecule has 0 aliphatic carbocycles.